The van der Waals surface area contributed by atoms with Crippen molar-refractivity contribution < 1.29 is 14.6 Å². The van der Waals surface area contributed by atoms with Gasteiger partial charge < -0.3 is 14.6 Å². The normalized spacial score (nSPS) is 11.2. The van der Waals surface area contributed by atoms with Gasteiger partial charge in [-0.15, -0.1) is 0 Å². The van der Waals surface area contributed by atoms with Gasteiger partial charge in [0.05, 0.1) is 23.9 Å². The van der Waals surface area contributed by atoms with E-state index in [0.717, 1.165) is 21.1 Å². The number of hydrogen-bond donors (Lipinski definition) is 1. The minimum Gasteiger partial charge on any atom is -0.506 e. The molecule has 3 aromatic rings. The quantitative estimate of drug-likeness (QED) is 0.633. The fourth-order valence-corrected chi connectivity index (χ4v) is 3.12. The number of phenolic OH excluding ortho intramolecular Hbond substituents is 1. The average molecular weight is 400 g/mol. The number of nitrogens with zero attached hydrogens (tertiary/aromatic N) is 1. The van der Waals surface area contributed by atoms with Crippen molar-refractivity contribution >= 4 is 39.0 Å². The van der Waals surface area contributed by atoms with E-state index in [1.807, 2.05) is 49.4 Å². The number of ether oxygens (including phenoxy) is 2. The van der Waals surface area contributed by atoms with E-state index in [2.05, 4.69) is 20.9 Å². The van der Waals surface area contributed by atoms with Gasteiger partial charge in [-0.3, -0.25) is 0 Å². The van der Waals surface area contributed by atoms with Crippen LogP contribution in [0.4, 0.5) is 0 Å². The lowest BCUT2D eigenvalue weighted by atomic mass is 10.1. The second kappa shape index (κ2) is 7.57. The summed E-state index contributed by atoms with van der Waals surface area (Å²) < 4.78 is 11.8. The first-order valence-electron chi connectivity index (χ1n) is 7.89. The van der Waals surface area contributed by atoms with Gasteiger partial charge in [-0.05, 0) is 58.8 Å². The molecule has 0 atom stereocenters. The zero-order valence-electron chi connectivity index (χ0n) is 14.0. The van der Waals surface area contributed by atoms with Gasteiger partial charge in [0.2, 0.25) is 0 Å². The molecule has 0 saturated heterocycles. The Kier molecular flexibility index (Phi) is 5.24. The predicted molar refractivity (Wildman–Crippen MR) is 104 cm³/mol. The molecule has 0 saturated carbocycles. The summed E-state index contributed by atoms with van der Waals surface area (Å²) in [5.41, 5.74) is 2.31. The van der Waals surface area contributed by atoms with Crippen molar-refractivity contribution in [2.24, 2.45) is 0 Å². The first kappa shape index (κ1) is 17.3. The fourth-order valence-electron chi connectivity index (χ4n) is 2.54. The molecule has 1 N–H and O–H groups in total. The Morgan fingerprint density at radius 2 is 2.00 bits per heavy atom. The van der Waals surface area contributed by atoms with Gasteiger partial charge in [0.1, 0.15) is 11.3 Å². The van der Waals surface area contributed by atoms with E-state index in [0.29, 0.717) is 23.6 Å². The van der Waals surface area contributed by atoms with E-state index in [1.54, 1.807) is 19.2 Å². The number of phenols is 1. The van der Waals surface area contributed by atoms with Crippen molar-refractivity contribution in [3.8, 4) is 17.2 Å². The Morgan fingerprint density at radius 3 is 2.76 bits per heavy atom. The van der Waals surface area contributed by atoms with Crippen molar-refractivity contribution in [2.75, 3.05) is 13.7 Å². The highest BCUT2D eigenvalue weighted by Crippen LogP contribution is 2.37. The van der Waals surface area contributed by atoms with Gasteiger partial charge in [0.15, 0.2) is 11.5 Å². The van der Waals surface area contributed by atoms with Crippen LogP contribution in [-0.4, -0.2) is 23.8 Å². The standard InChI is InChI=1S/C20H18BrNO3/c1-3-25-20-16(21)11-13(12-18(20)24-2)7-9-15-10-8-14-5-4-6-17(23)19(14)22-15/h4-12,23H,3H2,1-2H3/b9-7+. The molecule has 0 spiro atoms. The van der Waals surface area contributed by atoms with E-state index >= 15 is 0 Å². The number of methoxy groups -OCH3 is 1. The molecule has 0 amide bonds. The lowest BCUT2D eigenvalue weighted by Crippen LogP contribution is -1.96. The highest BCUT2D eigenvalue weighted by molar-refractivity contribution is 9.10. The summed E-state index contributed by atoms with van der Waals surface area (Å²) in [5, 5.41) is 10.8. The van der Waals surface area contributed by atoms with Crippen LogP contribution in [-0.2, 0) is 0 Å². The van der Waals surface area contributed by atoms with Crippen molar-refractivity contribution in [1.29, 1.82) is 0 Å². The van der Waals surface area contributed by atoms with Crippen molar-refractivity contribution in [2.45, 2.75) is 6.92 Å². The number of hydrogen-bond acceptors (Lipinski definition) is 4. The maximum Gasteiger partial charge on any atom is 0.175 e. The SMILES string of the molecule is CCOc1c(Br)cc(/C=C/c2ccc3cccc(O)c3n2)cc1OC. The zero-order valence-corrected chi connectivity index (χ0v) is 15.6. The molecule has 0 aliphatic heterocycles. The van der Waals surface area contributed by atoms with E-state index in [4.69, 9.17) is 9.47 Å². The van der Waals surface area contributed by atoms with Crippen LogP contribution >= 0.6 is 15.9 Å². The van der Waals surface area contributed by atoms with Crippen LogP contribution in [0.3, 0.4) is 0 Å². The minimum atomic E-state index is 0.179. The van der Waals surface area contributed by atoms with Crippen LogP contribution in [0, 0.1) is 0 Å². The topological polar surface area (TPSA) is 51.6 Å². The highest BCUT2D eigenvalue weighted by Gasteiger charge is 2.10. The van der Waals surface area contributed by atoms with Crippen LogP contribution in [0.5, 0.6) is 17.2 Å². The Hall–Kier alpha value is -2.53. The molecule has 1 heterocycles. The van der Waals surface area contributed by atoms with Crippen LogP contribution in [0.15, 0.2) is 46.9 Å². The Morgan fingerprint density at radius 1 is 1.16 bits per heavy atom. The maximum atomic E-state index is 9.94. The smallest absolute Gasteiger partial charge is 0.175 e. The molecule has 128 valence electrons. The number of benzene rings is 2. The van der Waals surface area contributed by atoms with Gasteiger partial charge in [-0.2, -0.15) is 0 Å². The molecule has 25 heavy (non-hydrogen) atoms. The monoisotopic (exact) mass is 399 g/mol. The van der Waals surface area contributed by atoms with Gasteiger partial charge in [-0.25, -0.2) is 4.98 Å². The largest absolute Gasteiger partial charge is 0.506 e. The highest BCUT2D eigenvalue weighted by atomic mass is 79.9. The first-order chi connectivity index (χ1) is 12.1. The van der Waals surface area contributed by atoms with Crippen LogP contribution in [0.25, 0.3) is 23.1 Å². The number of halogens is 1. The Labute approximate surface area is 154 Å². The summed E-state index contributed by atoms with van der Waals surface area (Å²) in [6, 6.07) is 13.1. The van der Waals surface area contributed by atoms with Crippen molar-refractivity contribution in [3.63, 3.8) is 0 Å². The van der Waals surface area contributed by atoms with Crippen molar-refractivity contribution in [3.05, 3.63) is 58.2 Å². The van der Waals surface area contributed by atoms with Crippen molar-refractivity contribution in [1.82, 2.24) is 4.98 Å². The number of aromatic hydroxyl groups is 1. The maximum absolute atomic E-state index is 9.94. The summed E-state index contributed by atoms with van der Waals surface area (Å²) in [6.45, 7) is 2.50. The zero-order chi connectivity index (χ0) is 17.8. The second-order valence-corrected chi connectivity index (χ2v) is 6.24. The first-order valence-corrected chi connectivity index (χ1v) is 8.69. The third-order valence-electron chi connectivity index (χ3n) is 3.71. The molecular formula is C20H18BrNO3. The molecule has 0 unspecified atom stereocenters. The molecule has 2 aromatic carbocycles. The third-order valence-corrected chi connectivity index (χ3v) is 4.30. The number of aromatic nitrogens is 1. The summed E-state index contributed by atoms with van der Waals surface area (Å²) in [6.07, 6.45) is 3.84. The number of rotatable bonds is 5. The lowest BCUT2D eigenvalue weighted by Gasteiger charge is -2.12. The number of fused-ring (bicyclic) bond motifs is 1. The van der Waals surface area contributed by atoms with E-state index in [-0.39, 0.29) is 5.75 Å². The molecule has 5 heteroatoms. The molecular weight excluding hydrogens is 382 g/mol. The summed E-state index contributed by atoms with van der Waals surface area (Å²) in [4.78, 5) is 4.50. The van der Waals surface area contributed by atoms with Crippen LogP contribution in [0.2, 0.25) is 0 Å². The van der Waals surface area contributed by atoms with Gasteiger partial charge >= 0.3 is 0 Å². The van der Waals surface area contributed by atoms with Gasteiger partial charge in [-0.1, -0.05) is 24.3 Å². The van der Waals surface area contributed by atoms with Gasteiger partial charge in [0, 0.05) is 5.39 Å². The molecule has 0 aliphatic carbocycles. The van der Waals surface area contributed by atoms with Gasteiger partial charge in [0.25, 0.3) is 0 Å². The molecule has 0 radical (unpaired) electrons. The van der Waals surface area contributed by atoms with E-state index in [9.17, 15) is 5.11 Å². The van der Waals surface area contributed by atoms with E-state index in [1.165, 1.54) is 0 Å². The molecule has 0 bridgehead atoms. The predicted octanol–water partition coefficient (Wildman–Crippen LogP) is 5.28. The lowest BCUT2D eigenvalue weighted by molar-refractivity contribution is 0.309. The number of pyridine rings is 1. The minimum absolute atomic E-state index is 0.179. The molecule has 0 aliphatic rings. The summed E-state index contributed by atoms with van der Waals surface area (Å²) >= 11 is 3.52. The average Bonchev–Trinajstić information content (AvgIpc) is 2.62. The summed E-state index contributed by atoms with van der Waals surface area (Å²) in [5.74, 6) is 1.54. The third kappa shape index (κ3) is 3.77. The molecule has 4 nitrogen and oxygen atoms in total. The van der Waals surface area contributed by atoms with E-state index < -0.39 is 0 Å². The molecule has 3 rings (SSSR count). The molecule has 1 aromatic heterocycles. The Bertz CT molecular complexity index is 938. The second-order valence-electron chi connectivity index (χ2n) is 5.39. The fraction of sp³-hybridized carbons (Fsp3) is 0.150. The molecule has 0 fully saturated rings. The van der Waals surface area contributed by atoms with Crippen LogP contribution < -0.4 is 9.47 Å². The van der Waals surface area contributed by atoms with Crippen LogP contribution in [0.1, 0.15) is 18.2 Å². The summed E-state index contributed by atoms with van der Waals surface area (Å²) in [7, 11) is 1.62. The number of para-hydroxylation sites is 1. The Balaban J connectivity index is 1.94.